The summed E-state index contributed by atoms with van der Waals surface area (Å²) in [5, 5.41) is 45.0. The Morgan fingerprint density at radius 3 is 2.18 bits per heavy atom. The second-order valence-corrected chi connectivity index (χ2v) is 12.3. The van der Waals surface area contributed by atoms with Gasteiger partial charge in [-0.3, -0.25) is 28.9 Å². The number of rotatable bonds is 18. The number of hydrogen-bond acceptors (Lipinski definition) is 14. The van der Waals surface area contributed by atoms with Gasteiger partial charge in [0.05, 0.1) is 44.1 Å². The summed E-state index contributed by atoms with van der Waals surface area (Å²) in [5.41, 5.74) is -0.328. The number of hydrogen-bond donors (Lipinski definition) is 6. The summed E-state index contributed by atoms with van der Waals surface area (Å²) in [6, 6.07) is 4.25. The first-order chi connectivity index (χ1) is 23.6. The lowest BCUT2D eigenvalue weighted by atomic mass is 9.97. The highest BCUT2D eigenvalue weighted by molar-refractivity contribution is 6.12. The third-order valence-corrected chi connectivity index (χ3v) is 7.24. The van der Waals surface area contributed by atoms with Crippen LogP contribution in [0.4, 0.5) is 5.69 Å². The van der Waals surface area contributed by atoms with E-state index in [-0.39, 0.29) is 76.3 Å². The summed E-state index contributed by atoms with van der Waals surface area (Å²) >= 11 is 0. The van der Waals surface area contributed by atoms with Crippen LogP contribution in [0.25, 0.3) is 0 Å². The van der Waals surface area contributed by atoms with Crippen LogP contribution in [0.5, 0.6) is 5.75 Å². The Morgan fingerprint density at radius 2 is 1.54 bits per heavy atom. The van der Waals surface area contributed by atoms with Crippen LogP contribution in [0, 0.1) is 5.41 Å². The number of nitrogens with one attached hydrogen (secondary N) is 2. The number of aliphatic hydroxyl groups excluding tert-OH is 3. The van der Waals surface area contributed by atoms with Crippen LogP contribution in [0.3, 0.4) is 0 Å². The van der Waals surface area contributed by atoms with Crippen molar-refractivity contribution in [1.82, 2.24) is 10.2 Å². The van der Waals surface area contributed by atoms with Crippen molar-refractivity contribution in [2.75, 3.05) is 44.8 Å². The Kier molecular flexibility index (Phi) is 14.8. The smallest absolute Gasteiger partial charge is 0.335 e. The van der Waals surface area contributed by atoms with Crippen LogP contribution in [-0.4, -0.2) is 131 Å². The highest BCUT2D eigenvalue weighted by Gasteiger charge is 2.48. The van der Waals surface area contributed by atoms with Crippen LogP contribution in [-0.2, 0) is 54.3 Å². The second kappa shape index (κ2) is 18.5. The molecule has 2 aliphatic rings. The van der Waals surface area contributed by atoms with Gasteiger partial charge in [-0.1, -0.05) is 6.07 Å². The Bertz CT molecular complexity index is 1410. The summed E-state index contributed by atoms with van der Waals surface area (Å²) in [6.45, 7) is 5.51. The van der Waals surface area contributed by atoms with E-state index in [1.54, 1.807) is 20.8 Å². The van der Waals surface area contributed by atoms with E-state index in [4.69, 9.17) is 23.7 Å². The molecule has 0 aromatic heterocycles. The van der Waals surface area contributed by atoms with Crippen molar-refractivity contribution in [3.05, 3.63) is 35.9 Å². The maximum absolute atomic E-state index is 12.8. The van der Waals surface area contributed by atoms with Gasteiger partial charge >= 0.3 is 11.9 Å². The molecule has 1 saturated heterocycles. The summed E-state index contributed by atoms with van der Waals surface area (Å²) < 4.78 is 26.8. The molecule has 6 N–H and O–H groups in total. The molecule has 0 bridgehead atoms. The standard InChI is InChI=1S/C32H43N3O15/c1-32(2,3)31(45)48-17-18-4-5-20(49-30-27(42)25(40)26(41)28(50-30)29(43)44)19(16-18)34-22(37)8-10-33-21(36)9-12-46-14-15-47-13-11-35-23(38)6-7-24(35)39/h4-7,16,25-28,30,40-42H,8-15,17H2,1-3H3,(H,33,36)(H,34,37)(H,43,44)/t25-,26-,27+,28-,30+/m0/s1. The quantitative estimate of drug-likeness (QED) is 0.0597. The van der Waals surface area contributed by atoms with Gasteiger partial charge in [0.15, 0.2) is 6.10 Å². The van der Waals surface area contributed by atoms with Crippen LogP contribution in [0.1, 0.15) is 39.2 Å². The van der Waals surface area contributed by atoms with E-state index < -0.39 is 65.8 Å². The number of nitrogens with zero attached hydrogens (tertiary/aromatic N) is 1. The van der Waals surface area contributed by atoms with Crippen molar-refractivity contribution in [1.29, 1.82) is 0 Å². The molecule has 18 heteroatoms. The minimum atomic E-state index is -1.94. The topological polar surface area (TPSA) is 257 Å². The number of benzene rings is 1. The maximum atomic E-state index is 12.8. The highest BCUT2D eigenvalue weighted by atomic mass is 16.7. The molecule has 2 aliphatic heterocycles. The van der Waals surface area contributed by atoms with E-state index in [0.29, 0.717) is 5.56 Å². The normalized spacial score (nSPS) is 22.0. The first-order valence-electron chi connectivity index (χ1n) is 15.7. The Labute approximate surface area is 287 Å². The predicted octanol–water partition coefficient (Wildman–Crippen LogP) is -1.16. The molecule has 0 aliphatic carbocycles. The van der Waals surface area contributed by atoms with Gasteiger partial charge < -0.3 is 54.7 Å². The SMILES string of the molecule is CC(C)(C)C(=O)OCc1ccc(O[C@@H]2O[C@H](C(=O)O)[C@@H](O)[C@H](O)[C@H]2O)c(NC(=O)CCNC(=O)CCOCCOCCN2C(=O)C=CC2=O)c1. The average Bonchev–Trinajstić information content (AvgIpc) is 3.37. The second-order valence-electron chi connectivity index (χ2n) is 12.3. The van der Waals surface area contributed by atoms with E-state index in [1.807, 2.05) is 0 Å². The van der Waals surface area contributed by atoms with E-state index >= 15 is 0 Å². The molecule has 5 atom stereocenters. The molecule has 0 radical (unpaired) electrons. The van der Waals surface area contributed by atoms with Crippen molar-refractivity contribution in [3.63, 3.8) is 0 Å². The number of carboxylic acids is 1. The zero-order valence-corrected chi connectivity index (χ0v) is 27.9. The lowest BCUT2D eigenvalue weighted by Crippen LogP contribution is -2.61. The molecule has 0 saturated carbocycles. The minimum Gasteiger partial charge on any atom is -0.479 e. The average molecular weight is 710 g/mol. The van der Waals surface area contributed by atoms with Crippen LogP contribution in [0.15, 0.2) is 30.4 Å². The largest absolute Gasteiger partial charge is 0.479 e. The molecule has 0 unspecified atom stereocenters. The fourth-order valence-electron chi connectivity index (χ4n) is 4.42. The Morgan fingerprint density at radius 1 is 0.880 bits per heavy atom. The van der Waals surface area contributed by atoms with Crippen molar-refractivity contribution in [2.24, 2.45) is 5.41 Å². The molecule has 0 spiro atoms. The number of aliphatic carboxylic acids is 1. The van der Waals surface area contributed by atoms with E-state index in [1.165, 1.54) is 30.4 Å². The van der Waals surface area contributed by atoms with E-state index in [0.717, 1.165) is 4.90 Å². The van der Waals surface area contributed by atoms with Gasteiger partial charge in [-0.15, -0.1) is 0 Å². The van der Waals surface area contributed by atoms with Gasteiger partial charge in [0.2, 0.25) is 18.1 Å². The summed E-state index contributed by atoms with van der Waals surface area (Å²) in [4.78, 5) is 72.8. The molecule has 2 heterocycles. The van der Waals surface area contributed by atoms with E-state index in [9.17, 15) is 49.2 Å². The first-order valence-corrected chi connectivity index (χ1v) is 15.7. The third-order valence-electron chi connectivity index (χ3n) is 7.24. The summed E-state index contributed by atoms with van der Waals surface area (Å²) in [7, 11) is 0. The Hall–Kier alpha value is -4.46. The molecule has 276 valence electrons. The molecule has 3 rings (SSSR count). The van der Waals surface area contributed by atoms with Gasteiger partial charge in [-0.25, -0.2) is 4.79 Å². The van der Waals surface area contributed by atoms with Gasteiger partial charge in [-0.2, -0.15) is 0 Å². The van der Waals surface area contributed by atoms with Crippen LogP contribution < -0.4 is 15.4 Å². The molecule has 18 nitrogen and oxygen atoms in total. The maximum Gasteiger partial charge on any atom is 0.335 e. The number of anilines is 1. The first kappa shape index (κ1) is 40.0. The highest BCUT2D eigenvalue weighted by Crippen LogP contribution is 2.31. The minimum absolute atomic E-state index is 0.00100. The third kappa shape index (κ3) is 11.9. The summed E-state index contributed by atoms with van der Waals surface area (Å²) in [5.74, 6) is -3.95. The Balaban J connectivity index is 1.48. The van der Waals surface area contributed by atoms with Gasteiger partial charge in [-0.05, 0) is 38.5 Å². The molecular weight excluding hydrogens is 666 g/mol. The molecule has 1 fully saturated rings. The fourth-order valence-corrected chi connectivity index (χ4v) is 4.42. The van der Waals surface area contributed by atoms with Crippen LogP contribution in [0.2, 0.25) is 0 Å². The van der Waals surface area contributed by atoms with Crippen molar-refractivity contribution in [3.8, 4) is 5.75 Å². The molecular formula is C32H43N3O15. The fraction of sp³-hybridized carbons (Fsp3) is 0.562. The van der Waals surface area contributed by atoms with Gasteiger partial charge in [0, 0.05) is 31.5 Å². The number of imide groups is 1. The van der Waals surface area contributed by atoms with Crippen LogP contribution >= 0.6 is 0 Å². The zero-order valence-electron chi connectivity index (χ0n) is 27.9. The van der Waals surface area contributed by atoms with Gasteiger partial charge in [0.25, 0.3) is 11.8 Å². The number of amides is 4. The van der Waals surface area contributed by atoms with Crippen molar-refractivity contribution < 1.29 is 72.9 Å². The summed E-state index contributed by atoms with van der Waals surface area (Å²) in [6.07, 6.45) is -7.21. The molecule has 1 aromatic carbocycles. The lowest BCUT2D eigenvalue weighted by Gasteiger charge is -2.38. The number of esters is 1. The molecule has 50 heavy (non-hydrogen) atoms. The number of carboxylic acid groups (broad SMARTS) is 1. The number of carbonyl (C=O) groups is 6. The van der Waals surface area contributed by atoms with Gasteiger partial charge in [0.1, 0.15) is 30.7 Å². The lowest BCUT2D eigenvalue weighted by molar-refractivity contribution is -0.271. The zero-order chi connectivity index (χ0) is 37.0. The number of ether oxygens (including phenoxy) is 5. The van der Waals surface area contributed by atoms with E-state index in [2.05, 4.69) is 10.6 Å². The van der Waals surface area contributed by atoms with Crippen molar-refractivity contribution in [2.45, 2.75) is 70.9 Å². The number of carbonyl (C=O) groups excluding carboxylic acids is 5. The number of aliphatic hydroxyl groups is 3. The van der Waals surface area contributed by atoms with Crippen molar-refractivity contribution >= 4 is 41.3 Å². The molecule has 1 aromatic rings. The monoisotopic (exact) mass is 709 g/mol. The molecule has 4 amide bonds. The predicted molar refractivity (Wildman–Crippen MR) is 169 cm³/mol.